The Morgan fingerprint density at radius 1 is 1.32 bits per heavy atom. The molecule has 1 N–H and O–H groups in total. The van der Waals surface area contributed by atoms with E-state index in [1.807, 2.05) is 46.1 Å². The maximum atomic E-state index is 12.8. The van der Waals surface area contributed by atoms with Crippen LogP contribution in [0.2, 0.25) is 0 Å². The molecule has 0 radical (unpaired) electrons. The Hall–Kier alpha value is -2.67. The molecule has 0 spiro atoms. The van der Waals surface area contributed by atoms with Crippen molar-refractivity contribution >= 4 is 33.8 Å². The van der Waals surface area contributed by atoms with Crippen molar-refractivity contribution in [1.82, 2.24) is 14.3 Å². The fraction of sp³-hybridized carbons (Fsp3) is 0.381. The van der Waals surface area contributed by atoms with Crippen LogP contribution in [0.15, 0.2) is 36.0 Å². The number of piperidine rings is 1. The van der Waals surface area contributed by atoms with Crippen LogP contribution in [0.3, 0.4) is 0 Å². The Labute approximate surface area is 168 Å². The standard InChI is InChI=1S/C21H24N4O2S/c1-14-11-16(20(27)25-8-4-3-5-15(25)2)6-7-18(14)23-19(26)12-17-13-24-9-10-28-21(24)22-17/h6-7,9-11,13,15H,3-5,8,12H2,1-2H3,(H,23,26). The minimum atomic E-state index is -0.113. The Morgan fingerprint density at radius 3 is 2.93 bits per heavy atom. The number of aryl methyl sites for hydroxylation is 1. The summed E-state index contributed by atoms with van der Waals surface area (Å²) in [5.41, 5.74) is 3.04. The SMILES string of the molecule is Cc1cc(C(=O)N2CCCCC2C)ccc1NC(=O)Cc1cn2ccsc2n1. The third-order valence-electron chi connectivity index (χ3n) is 5.30. The molecule has 0 bridgehead atoms. The molecule has 2 aromatic heterocycles. The Kier molecular flexibility index (Phi) is 5.17. The highest BCUT2D eigenvalue weighted by atomic mass is 32.1. The van der Waals surface area contributed by atoms with E-state index in [1.165, 1.54) is 6.42 Å². The molecule has 1 saturated heterocycles. The number of hydrogen-bond acceptors (Lipinski definition) is 4. The molecular weight excluding hydrogens is 372 g/mol. The first-order valence-electron chi connectivity index (χ1n) is 9.64. The zero-order valence-corrected chi connectivity index (χ0v) is 17.0. The molecule has 1 aromatic carbocycles. The molecule has 7 heteroatoms. The van der Waals surface area contributed by atoms with Gasteiger partial charge in [0.1, 0.15) is 0 Å². The lowest BCUT2D eigenvalue weighted by Gasteiger charge is -2.33. The van der Waals surface area contributed by atoms with Crippen molar-refractivity contribution in [2.45, 2.75) is 45.6 Å². The van der Waals surface area contributed by atoms with Gasteiger partial charge < -0.3 is 10.2 Å². The summed E-state index contributed by atoms with van der Waals surface area (Å²) in [6, 6.07) is 5.77. The van der Waals surface area contributed by atoms with E-state index in [0.717, 1.165) is 41.3 Å². The van der Waals surface area contributed by atoms with Crippen LogP contribution in [0.1, 0.15) is 47.8 Å². The molecule has 6 nitrogen and oxygen atoms in total. The average molecular weight is 397 g/mol. The fourth-order valence-electron chi connectivity index (χ4n) is 3.72. The van der Waals surface area contributed by atoms with Gasteiger partial charge in [-0.1, -0.05) is 0 Å². The molecular formula is C21H24N4O2S. The highest BCUT2D eigenvalue weighted by Crippen LogP contribution is 2.22. The van der Waals surface area contributed by atoms with Gasteiger partial charge in [0.2, 0.25) is 5.91 Å². The number of thiazole rings is 1. The molecule has 0 saturated carbocycles. The number of rotatable bonds is 4. The van der Waals surface area contributed by atoms with Gasteiger partial charge in [-0.25, -0.2) is 4.98 Å². The highest BCUT2D eigenvalue weighted by Gasteiger charge is 2.24. The van der Waals surface area contributed by atoms with E-state index in [0.29, 0.717) is 5.56 Å². The van der Waals surface area contributed by atoms with Crippen molar-refractivity contribution in [2.75, 3.05) is 11.9 Å². The van der Waals surface area contributed by atoms with Crippen LogP contribution in [0.25, 0.3) is 4.96 Å². The van der Waals surface area contributed by atoms with E-state index in [-0.39, 0.29) is 24.3 Å². The second-order valence-corrected chi connectivity index (χ2v) is 8.30. The Bertz CT molecular complexity index is 994. The second kappa shape index (κ2) is 7.75. The van der Waals surface area contributed by atoms with Crippen LogP contribution >= 0.6 is 11.3 Å². The molecule has 28 heavy (non-hydrogen) atoms. The smallest absolute Gasteiger partial charge is 0.254 e. The lowest BCUT2D eigenvalue weighted by atomic mass is 10.0. The van der Waals surface area contributed by atoms with E-state index < -0.39 is 0 Å². The molecule has 1 atom stereocenters. The molecule has 4 rings (SSSR count). The Balaban J connectivity index is 1.43. The van der Waals surface area contributed by atoms with Crippen molar-refractivity contribution in [3.8, 4) is 0 Å². The summed E-state index contributed by atoms with van der Waals surface area (Å²) in [4.78, 5) is 32.5. The van der Waals surface area contributed by atoms with Crippen LogP contribution in [0.5, 0.6) is 0 Å². The van der Waals surface area contributed by atoms with Gasteiger partial charge in [-0.15, -0.1) is 11.3 Å². The number of carbonyl (C=O) groups excluding carboxylic acids is 2. The molecule has 1 unspecified atom stereocenters. The summed E-state index contributed by atoms with van der Waals surface area (Å²) in [7, 11) is 0. The van der Waals surface area contributed by atoms with Crippen molar-refractivity contribution in [3.05, 3.63) is 52.8 Å². The second-order valence-electron chi connectivity index (χ2n) is 7.42. The van der Waals surface area contributed by atoms with E-state index in [2.05, 4.69) is 17.2 Å². The number of hydrogen-bond donors (Lipinski definition) is 1. The van der Waals surface area contributed by atoms with E-state index in [1.54, 1.807) is 17.4 Å². The maximum absolute atomic E-state index is 12.8. The molecule has 1 aliphatic rings. The third-order valence-corrected chi connectivity index (χ3v) is 6.07. The van der Waals surface area contributed by atoms with Crippen LogP contribution in [0.4, 0.5) is 5.69 Å². The predicted octanol–water partition coefficient (Wildman–Crippen LogP) is 3.90. The van der Waals surface area contributed by atoms with Gasteiger partial charge >= 0.3 is 0 Å². The molecule has 0 aliphatic carbocycles. The Morgan fingerprint density at radius 2 is 2.18 bits per heavy atom. The quantitative estimate of drug-likeness (QED) is 0.727. The number of anilines is 1. The zero-order chi connectivity index (χ0) is 19.7. The number of nitrogens with zero attached hydrogens (tertiary/aromatic N) is 3. The molecule has 2 amide bonds. The first-order valence-corrected chi connectivity index (χ1v) is 10.5. The van der Waals surface area contributed by atoms with Crippen molar-refractivity contribution in [2.24, 2.45) is 0 Å². The summed E-state index contributed by atoms with van der Waals surface area (Å²) >= 11 is 1.54. The minimum absolute atomic E-state index is 0.0752. The normalized spacial score (nSPS) is 17.1. The van der Waals surface area contributed by atoms with Crippen LogP contribution in [-0.2, 0) is 11.2 Å². The summed E-state index contributed by atoms with van der Waals surface area (Å²) < 4.78 is 1.92. The van der Waals surface area contributed by atoms with Gasteiger partial charge in [-0.2, -0.15) is 0 Å². The number of benzene rings is 1. The van der Waals surface area contributed by atoms with Gasteiger partial charge in [0, 0.05) is 41.6 Å². The molecule has 3 aromatic rings. The van der Waals surface area contributed by atoms with Gasteiger partial charge in [0.25, 0.3) is 5.91 Å². The summed E-state index contributed by atoms with van der Waals surface area (Å²) in [5.74, 6) is -0.0381. The average Bonchev–Trinajstić information content (AvgIpc) is 3.25. The monoisotopic (exact) mass is 396 g/mol. The zero-order valence-electron chi connectivity index (χ0n) is 16.1. The summed E-state index contributed by atoms with van der Waals surface area (Å²) in [6.07, 6.45) is 7.33. The number of likely N-dealkylation sites (tertiary alicyclic amines) is 1. The lowest BCUT2D eigenvalue weighted by molar-refractivity contribution is -0.115. The molecule has 1 aliphatic heterocycles. The minimum Gasteiger partial charge on any atom is -0.336 e. The van der Waals surface area contributed by atoms with Gasteiger partial charge in [0.05, 0.1) is 12.1 Å². The van der Waals surface area contributed by atoms with Gasteiger partial charge in [0.15, 0.2) is 4.96 Å². The number of amides is 2. The highest BCUT2D eigenvalue weighted by molar-refractivity contribution is 7.15. The predicted molar refractivity (Wildman–Crippen MR) is 111 cm³/mol. The molecule has 146 valence electrons. The van der Waals surface area contributed by atoms with Crippen LogP contribution in [0, 0.1) is 6.92 Å². The number of nitrogens with one attached hydrogen (secondary N) is 1. The number of imidazole rings is 1. The van der Waals surface area contributed by atoms with Crippen LogP contribution < -0.4 is 5.32 Å². The molecule has 3 heterocycles. The topological polar surface area (TPSA) is 66.7 Å². The van der Waals surface area contributed by atoms with Crippen LogP contribution in [-0.4, -0.2) is 38.7 Å². The van der Waals surface area contributed by atoms with Gasteiger partial charge in [-0.05, 0) is 56.9 Å². The lowest BCUT2D eigenvalue weighted by Crippen LogP contribution is -2.42. The fourth-order valence-corrected chi connectivity index (χ4v) is 4.44. The first-order chi connectivity index (χ1) is 13.5. The largest absolute Gasteiger partial charge is 0.336 e. The first kappa shape index (κ1) is 18.7. The summed E-state index contributed by atoms with van der Waals surface area (Å²) in [6.45, 7) is 4.84. The van der Waals surface area contributed by atoms with Gasteiger partial charge in [-0.3, -0.25) is 14.0 Å². The van der Waals surface area contributed by atoms with E-state index >= 15 is 0 Å². The third kappa shape index (κ3) is 3.80. The summed E-state index contributed by atoms with van der Waals surface area (Å²) in [5, 5.41) is 4.90. The van der Waals surface area contributed by atoms with E-state index in [4.69, 9.17) is 0 Å². The number of carbonyl (C=O) groups is 2. The van der Waals surface area contributed by atoms with Crippen molar-refractivity contribution in [1.29, 1.82) is 0 Å². The number of aromatic nitrogens is 2. The van der Waals surface area contributed by atoms with Crippen molar-refractivity contribution < 1.29 is 9.59 Å². The van der Waals surface area contributed by atoms with Crippen molar-refractivity contribution in [3.63, 3.8) is 0 Å². The number of fused-ring (bicyclic) bond motifs is 1. The van der Waals surface area contributed by atoms with E-state index in [9.17, 15) is 9.59 Å². The molecule has 1 fully saturated rings. The maximum Gasteiger partial charge on any atom is 0.254 e.